The van der Waals surface area contributed by atoms with E-state index in [1.807, 2.05) is 0 Å². The zero-order valence-electron chi connectivity index (χ0n) is 14.3. The number of nitrogens with zero attached hydrogens (tertiary/aromatic N) is 4. The van der Waals surface area contributed by atoms with Crippen molar-refractivity contribution in [3.8, 4) is 16.9 Å². The normalized spacial score (nSPS) is 11.2. The second-order valence-corrected chi connectivity index (χ2v) is 5.85. The quantitative estimate of drug-likeness (QED) is 0.637. The lowest BCUT2D eigenvalue weighted by Crippen LogP contribution is -2.26. The molecule has 0 aliphatic heterocycles. The predicted molar refractivity (Wildman–Crippen MR) is 88.2 cm³/mol. The number of pyridine rings is 1. The molecule has 0 N–H and O–H groups in total. The minimum Gasteiger partial charge on any atom is -0.432 e. The summed E-state index contributed by atoms with van der Waals surface area (Å²) in [6, 6.07) is 4.90. The van der Waals surface area contributed by atoms with Crippen molar-refractivity contribution in [3.63, 3.8) is 0 Å². The molecule has 3 rings (SSSR count). The minimum atomic E-state index is -3.18. The molecule has 0 saturated carbocycles. The van der Waals surface area contributed by atoms with E-state index in [2.05, 4.69) is 14.8 Å². The van der Waals surface area contributed by atoms with Crippen molar-refractivity contribution in [2.24, 2.45) is 0 Å². The monoisotopic (exact) mass is 382 g/mol. The summed E-state index contributed by atoms with van der Waals surface area (Å²) in [5.74, 6) is -2.71. The largest absolute Gasteiger partial charge is 0.432 e. The molecule has 0 fully saturated rings. The van der Waals surface area contributed by atoms with Crippen LogP contribution < -0.4 is 4.74 Å². The molecule has 0 spiro atoms. The molecule has 3 aromatic rings. The number of carbonyl (C=O) groups is 1. The lowest BCUT2D eigenvalue weighted by atomic mass is 10.1. The van der Waals surface area contributed by atoms with Crippen molar-refractivity contribution in [2.45, 2.75) is 13.2 Å². The SMILES string of the molecule is CN(C)C(=O)Cn1nc(F)c2ncc(-c3ccc(F)c(OC(F)F)c3)cc21. The maximum absolute atomic E-state index is 14.0. The molecule has 0 aliphatic rings. The number of aromatic nitrogens is 3. The molecule has 10 heteroatoms. The fraction of sp³-hybridized carbons (Fsp3) is 0.235. The minimum absolute atomic E-state index is 0.0449. The van der Waals surface area contributed by atoms with Gasteiger partial charge in [-0.1, -0.05) is 6.07 Å². The summed E-state index contributed by atoms with van der Waals surface area (Å²) < 4.78 is 57.7. The Balaban J connectivity index is 2.05. The average Bonchev–Trinajstić information content (AvgIpc) is 2.91. The van der Waals surface area contributed by atoms with Crippen molar-refractivity contribution < 1.29 is 27.1 Å². The maximum Gasteiger partial charge on any atom is 0.387 e. The summed E-state index contributed by atoms with van der Waals surface area (Å²) >= 11 is 0. The summed E-state index contributed by atoms with van der Waals surface area (Å²) in [4.78, 5) is 17.2. The molecule has 1 amide bonds. The highest BCUT2D eigenvalue weighted by Gasteiger charge is 2.17. The number of carbonyl (C=O) groups excluding carboxylic acids is 1. The summed E-state index contributed by atoms with van der Waals surface area (Å²) in [6.07, 6.45) is 1.30. The van der Waals surface area contributed by atoms with Crippen LogP contribution in [0, 0.1) is 11.8 Å². The Labute approximate surface area is 151 Å². The number of rotatable bonds is 5. The molecular weight excluding hydrogens is 368 g/mol. The van der Waals surface area contributed by atoms with Gasteiger partial charge in [-0.25, -0.2) is 9.37 Å². The van der Waals surface area contributed by atoms with Crippen LogP contribution in [-0.4, -0.2) is 46.3 Å². The van der Waals surface area contributed by atoms with Gasteiger partial charge in [0.2, 0.25) is 5.91 Å². The third kappa shape index (κ3) is 3.83. The highest BCUT2D eigenvalue weighted by Crippen LogP contribution is 2.29. The molecule has 2 heterocycles. The van der Waals surface area contributed by atoms with Crippen LogP contribution in [0.4, 0.5) is 17.6 Å². The predicted octanol–water partition coefficient (Wildman–Crippen LogP) is 3.07. The highest BCUT2D eigenvalue weighted by molar-refractivity contribution is 5.83. The van der Waals surface area contributed by atoms with Gasteiger partial charge in [0.15, 0.2) is 11.6 Å². The second-order valence-electron chi connectivity index (χ2n) is 5.85. The van der Waals surface area contributed by atoms with E-state index in [4.69, 9.17) is 0 Å². The van der Waals surface area contributed by atoms with Crippen LogP contribution in [-0.2, 0) is 11.3 Å². The fourth-order valence-corrected chi connectivity index (χ4v) is 2.43. The van der Waals surface area contributed by atoms with Crippen molar-refractivity contribution in [3.05, 3.63) is 42.2 Å². The Bertz CT molecular complexity index is 1000. The second kappa shape index (κ2) is 7.22. The van der Waals surface area contributed by atoms with Crippen molar-refractivity contribution in [2.75, 3.05) is 14.1 Å². The molecule has 27 heavy (non-hydrogen) atoms. The molecule has 0 unspecified atom stereocenters. The first-order valence-electron chi connectivity index (χ1n) is 7.73. The third-order valence-electron chi connectivity index (χ3n) is 3.81. The Hall–Kier alpha value is -3.17. The Morgan fingerprint density at radius 1 is 1.22 bits per heavy atom. The van der Waals surface area contributed by atoms with Gasteiger partial charge in [0.05, 0.1) is 5.52 Å². The number of halogens is 4. The van der Waals surface area contributed by atoms with Crippen LogP contribution in [0.2, 0.25) is 0 Å². The summed E-state index contributed by atoms with van der Waals surface area (Å²) in [6.45, 7) is -3.38. The number of fused-ring (bicyclic) bond motifs is 1. The Morgan fingerprint density at radius 3 is 2.63 bits per heavy atom. The van der Waals surface area contributed by atoms with Crippen molar-refractivity contribution >= 4 is 16.9 Å². The Kier molecular flexibility index (Phi) is 4.98. The molecular formula is C17H14F4N4O2. The van der Waals surface area contributed by atoms with Gasteiger partial charge in [-0.2, -0.15) is 13.2 Å². The molecule has 0 atom stereocenters. The smallest absolute Gasteiger partial charge is 0.387 e. The lowest BCUT2D eigenvalue weighted by Gasteiger charge is -2.11. The Morgan fingerprint density at radius 2 is 1.96 bits per heavy atom. The average molecular weight is 382 g/mol. The summed E-state index contributed by atoms with van der Waals surface area (Å²) in [5.41, 5.74) is 0.908. The number of benzene rings is 1. The summed E-state index contributed by atoms with van der Waals surface area (Å²) in [7, 11) is 3.11. The van der Waals surface area contributed by atoms with Gasteiger partial charge < -0.3 is 9.64 Å². The van der Waals surface area contributed by atoms with E-state index in [1.165, 1.54) is 23.2 Å². The number of likely N-dealkylation sites (N-methyl/N-ethyl adjacent to an activating group) is 1. The first kappa shape index (κ1) is 18.6. The number of hydrogen-bond acceptors (Lipinski definition) is 4. The van der Waals surface area contributed by atoms with E-state index in [0.717, 1.165) is 16.8 Å². The van der Waals surface area contributed by atoms with E-state index >= 15 is 0 Å². The van der Waals surface area contributed by atoms with E-state index in [-0.39, 0.29) is 23.5 Å². The van der Waals surface area contributed by atoms with Gasteiger partial charge in [0.25, 0.3) is 5.95 Å². The number of alkyl halides is 2. The molecule has 1 aromatic carbocycles. The van der Waals surface area contributed by atoms with Crippen LogP contribution in [0.15, 0.2) is 30.5 Å². The van der Waals surface area contributed by atoms with Crippen LogP contribution >= 0.6 is 0 Å². The van der Waals surface area contributed by atoms with Crippen LogP contribution in [0.3, 0.4) is 0 Å². The zero-order valence-corrected chi connectivity index (χ0v) is 14.3. The van der Waals surface area contributed by atoms with Crippen LogP contribution in [0.5, 0.6) is 5.75 Å². The van der Waals surface area contributed by atoms with Gasteiger partial charge in [0.1, 0.15) is 12.1 Å². The zero-order chi connectivity index (χ0) is 19.7. The number of ether oxygens (including phenoxy) is 1. The van der Waals surface area contributed by atoms with Crippen LogP contribution in [0.1, 0.15) is 0 Å². The summed E-state index contributed by atoms with van der Waals surface area (Å²) in [5, 5.41) is 3.67. The first-order valence-corrected chi connectivity index (χ1v) is 7.73. The molecule has 0 aliphatic carbocycles. The number of amides is 1. The standard InChI is InChI=1S/C17H14F4N4O2/c1-24(2)14(26)8-25-12-5-10(7-22-15(12)16(19)23-25)9-3-4-11(18)13(6-9)27-17(20)21/h3-7,17H,8H2,1-2H3. The van der Waals surface area contributed by atoms with E-state index in [0.29, 0.717) is 11.1 Å². The van der Waals surface area contributed by atoms with Gasteiger partial charge in [0, 0.05) is 25.9 Å². The van der Waals surface area contributed by atoms with Crippen molar-refractivity contribution in [1.82, 2.24) is 19.7 Å². The van der Waals surface area contributed by atoms with Gasteiger partial charge in [-0.15, -0.1) is 5.10 Å². The van der Waals surface area contributed by atoms with Gasteiger partial charge >= 0.3 is 6.61 Å². The third-order valence-corrected chi connectivity index (χ3v) is 3.81. The first-order chi connectivity index (χ1) is 12.8. The van der Waals surface area contributed by atoms with Gasteiger partial charge in [-0.3, -0.25) is 9.48 Å². The molecule has 142 valence electrons. The molecule has 6 nitrogen and oxygen atoms in total. The molecule has 2 aromatic heterocycles. The topological polar surface area (TPSA) is 60.2 Å². The fourth-order valence-electron chi connectivity index (χ4n) is 2.43. The maximum atomic E-state index is 14.0. The molecule has 0 bridgehead atoms. The van der Waals surface area contributed by atoms with Crippen LogP contribution in [0.25, 0.3) is 22.2 Å². The van der Waals surface area contributed by atoms with Gasteiger partial charge in [-0.05, 0) is 23.8 Å². The van der Waals surface area contributed by atoms with E-state index in [9.17, 15) is 22.4 Å². The highest BCUT2D eigenvalue weighted by atomic mass is 19.3. The van der Waals surface area contributed by atoms with E-state index in [1.54, 1.807) is 14.1 Å². The molecule has 0 radical (unpaired) electrons. The lowest BCUT2D eigenvalue weighted by molar-refractivity contribution is -0.129. The number of hydrogen-bond donors (Lipinski definition) is 0. The van der Waals surface area contributed by atoms with Crippen molar-refractivity contribution in [1.29, 1.82) is 0 Å². The van der Waals surface area contributed by atoms with E-state index < -0.39 is 24.1 Å². The molecule has 0 saturated heterocycles.